The molecule has 3 N–H and O–H groups in total. The van der Waals surface area contributed by atoms with Gasteiger partial charge in [-0.1, -0.05) is 30.3 Å². The molecule has 1 aliphatic heterocycles. The molecule has 2 aromatic carbocycles. The Hall–Kier alpha value is -1.92. The van der Waals surface area contributed by atoms with E-state index in [-0.39, 0.29) is 0 Å². The number of rotatable bonds is 4. The van der Waals surface area contributed by atoms with Crippen LogP contribution in [0, 0.1) is 0 Å². The standard InChI is InChI=1S/C18H21NO4/c20-16-11-19(12-17(21)18(16)22)10-13-6-8-15(9-7-13)23-14-4-2-1-3-5-14/h1-9,16-18,20-22H,10-12H2. The van der Waals surface area contributed by atoms with Gasteiger partial charge in [0.05, 0.1) is 12.2 Å². The van der Waals surface area contributed by atoms with Crippen LogP contribution in [0.5, 0.6) is 11.5 Å². The van der Waals surface area contributed by atoms with Crippen LogP contribution in [-0.2, 0) is 6.54 Å². The summed E-state index contributed by atoms with van der Waals surface area (Å²) in [4.78, 5) is 1.93. The summed E-state index contributed by atoms with van der Waals surface area (Å²) < 4.78 is 5.74. The van der Waals surface area contributed by atoms with E-state index >= 15 is 0 Å². The van der Waals surface area contributed by atoms with Crippen molar-refractivity contribution in [2.75, 3.05) is 13.1 Å². The molecule has 1 heterocycles. The summed E-state index contributed by atoms with van der Waals surface area (Å²) in [7, 11) is 0. The Labute approximate surface area is 135 Å². The summed E-state index contributed by atoms with van der Waals surface area (Å²) in [6.45, 7) is 1.30. The molecule has 0 bridgehead atoms. The quantitative estimate of drug-likeness (QED) is 0.795. The van der Waals surface area contributed by atoms with E-state index in [4.69, 9.17) is 4.74 Å². The number of hydrogen-bond acceptors (Lipinski definition) is 5. The molecule has 2 atom stereocenters. The number of hydrogen-bond donors (Lipinski definition) is 3. The molecule has 2 aromatic rings. The Bertz CT molecular complexity index is 605. The zero-order chi connectivity index (χ0) is 16.2. The first kappa shape index (κ1) is 16.0. The molecule has 23 heavy (non-hydrogen) atoms. The van der Waals surface area contributed by atoms with Crippen molar-refractivity contribution < 1.29 is 20.1 Å². The SMILES string of the molecule is OC1CN(Cc2ccc(Oc3ccccc3)cc2)CC(O)C1O. The minimum Gasteiger partial charge on any atom is -0.457 e. The number of likely N-dealkylation sites (tertiary alicyclic amines) is 1. The highest BCUT2D eigenvalue weighted by Gasteiger charge is 2.33. The number of para-hydroxylation sites is 1. The molecule has 122 valence electrons. The van der Waals surface area contributed by atoms with Gasteiger partial charge in [0, 0.05) is 19.6 Å². The number of β-amino-alcohol motifs (C(OH)–C–C–N with tert-alkyl or cyclic N) is 2. The summed E-state index contributed by atoms with van der Waals surface area (Å²) in [6.07, 6.45) is -2.90. The van der Waals surface area contributed by atoms with E-state index in [9.17, 15) is 15.3 Å². The molecule has 2 unspecified atom stereocenters. The van der Waals surface area contributed by atoms with Crippen LogP contribution in [0.3, 0.4) is 0 Å². The molecule has 1 saturated heterocycles. The fourth-order valence-corrected chi connectivity index (χ4v) is 2.75. The van der Waals surface area contributed by atoms with Crippen molar-refractivity contribution in [3.63, 3.8) is 0 Å². The Kier molecular flexibility index (Phi) is 4.93. The molecule has 0 aliphatic carbocycles. The van der Waals surface area contributed by atoms with Crippen molar-refractivity contribution in [2.45, 2.75) is 24.9 Å². The first-order chi connectivity index (χ1) is 11.1. The smallest absolute Gasteiger partial charge is 0.127 e. The van der Waals surface area contributed by atoms with Crippen LogP contribution in [0.25, 0.3) is 0 Å². The van der Waals surface area contributed by atoms with Gasteiger partial charge in [-0.15, -0.1) is 0 Å². The van der Waals surface area contributed by atoms with Crippen molar-refractivity contribution in [1.29, 1.82) is 0 Å². The molecule has 1 fully saturated rings. The average Bonchev–Trinajstić information content (AvgIpc) is 2.55. The predicted molar refractivity (Wildman–Crippen MR) is 86.3 cm³/mol. The number of aliphatic hydroxyl groups is 3. The molecular weight excluding hydrogens is 294 g/mol. The van der Waals surface area contributed by atoms with Gasteiger partial charge in [-0.25, -0.2) is 0 Å². The fraction of sp³-hybridized carbons (Fsp3) is 0.333. The third-order valence-electron chi connectivity index (χ3n) is 3.99. The van der Waals surface area contributed by atoms with Crippen molar-refractivity contribution >= 4 is 0 Å². The molecule has 0 amide bonds. The maximum atomic E-state index is 9.73. The molecule has 1 aliphatic rings. The predicted octanol–water partition coefficient (Wildman–Crippen LogP) is 1.38. The summed E-state index contributed by atoms with van der Waals surface area (Å²) in [5.74, 6) is 1.55. The molecule has 0 spiro atoms. The molecule has 5 nitrogen and oxygen atoms in total. The van der Waals surface area contributed by atoms with Crippen LogP contribution in [0.2, 0.25) is 0 Å². The summed E-state index contributed by atoms with van der Waals surface area (Å²) in [6, 6.07) is 17.3. The monoisotopic (exact) mass is 315 g/mol. The fourth-order valence-electron chi connectivity index (χ4n) is 2.75. The first-order valence-corrected chi connectivity index (χ1v) is 7.70. The summed E-state index contributed by atoms with van der Waals surface area (Å²) in [5.41, 5.74) is 1.06. The molecular formula is C18H21NO4. The third-order valence-corrected chi connectivity index (χ3v) is 3.99. The van der Waals surface area contributed by atoms with Gasteiger partial charge in [0.15, 0.2) is 0 Å². The summed E-state index contributed by atoms with van der Waals surface area (Å²) in [5, 5.41) is 29.0. The second kappa shape index (κ2) is 7.10. The highest BCUT2D eigenvalue weighted by Crippen LogP contribution is 2.22. The molecule has 0 radical (unpaired) electrons. The van der Waals surface area contributed by atoms with E-state index < -0.39 is 18.3 Å². The van der Waals surface area contributed by atoms with Crippen LogP contribution >= 0.6 is 0 Å². The Balaban J connectivity index is 1.59. The number of piperidine rings is 1. The van der Waals surface area contributed by atoms with Crippen molar-refractivity contribution in [1.82, 2.24) is 4.90 Å². The van der Waals surface area contributed by atoms with E-state index in [1.54, 1.807) is 0 Å². The molecule has 0 saturated carbocycles. The van der Waals surface area contributed by atoms with Crippen molar-refractivity contribution in [3.05, 3.63) is 60.2 Å². The first-order valence-electron chi connectivity index (χ1n) is 7.70. The Morgan fingerprint density at radius 2 is 1.39 bits per heavy atom. The number of aliphatic hydroxyl groups excluding tert-OH is 3. The van der Waals surface area contributed by atoms with Crippen LogP contribution in [0.1, 0.15) is 5.56 Å². The molecule has 0 aromatic heterocycles. The lowest BCUT2D eigenvalue weighted by Crippen LogP contribution is -2.54. The second-order valence-electron chi connectivity index (χ2n) is 5.88. The van der Waals surface area contributed by atoms with Gasteiger partial charge in [-0.2, -0.15) is 0 Å². The molecule has 5 heteroatoms. The lowest BCUT2D eigenvalue weighted by Gasteiger charge is -2.36. The maximum absolute atomic E-state index is 9.73. The van der Waals surface area contributed by atoms with Gasteiger partial charge in [0.2, 0.25) is 0 Å². The third kappa shape index (κ3) is 4.09. The maximum Gasteiger partial charge on any atom is 0.127 e. The van der Waals surface area contributed by atoms with E-state index in [0.29, 0.717) is 19.6 Å². The van der Waals surface area contributed by atoms with E-state index in [1.807, 2.05) is 59.5 Å². The summed E-state index contributed by atoms with van der Waals surface area (Å²) >= 11 is 0. The van der Waals surface area contributed by atoms with E-state index in [2.05, 4.69) is 0 Å². The zero-order valence-corrected chi connectivity index (χ0v) is 12.7. The van der Waals surface area contributed by atoms with Gasteiger partial charge in [0.25, 0.3) is 0 Å². The van der Waals surface area contributed by atoms with Crippen LogP contribution in [0.15, 0.2) is 54.6 Å². The van der Waals surface area contributed by atoms with Crippen LogP contribution < -0.4 is 4.74 Å². The van der Waals surface area contributed by atoms with Crippen LogP contribution in [0.4, 0.5) is 0 Å². The zero-order valence-electron chi connectivity index (χ0n) is 12.7. The minimum absolute atomic E-state index is 0.348. The highest BCUT2D eigenvalue weighted by molar-refractivity contribution is 5.32. The number of ether oxygens (including phenoxy) is 1. The Morgan fingerprint density at radius 1 is 0.826 bits per heavy atom. The van der Waals surface area contributed by atoms with Gasteiger partial charge in [-0.3, -0.25) is 4.90 Å². The lowest BCUT2D eigenvalue weighted by molar-refractivity contribution is -0.111. The lowest BCUT2D eigenvalue weighted by atomic mass is 10.0. The van der Waals surface area contributed by atoms with Gasteiger partial charge in [0.1, 0.15) is 17.6 Å². The van der Waals surface area contributed by atoms with Gasteiger partial charge < -0.3 is 20.1 Å². The highest BCUT2D eigenvalue weighted by atomic mass is 16.5. The largest absolute Gasteiger partial charge is 0.457 e. The van der Waals surface area contributed by atoms with Crippen molar-refractivity contribution in [3.8, 4) is 11.5 Å². The van der Waals surface area contributed by atoms with Crippen molar-refractivity contribution in [2.24, 2.45) is 0 Å². The molecule has 3 rings (SSSR count). The average molecular weight is 315 g/mol. The van der Waals surface area contributed by atoms with E-state index in [0.717, 1.165) is 17.1 Å². The second-order valence-corrected chi connectivity index (χ2v) is 5.88. The normalized spacial score (nSPS) is 25.3. The van der Waals surface area contributed by atoms with Gasteiger partial charge in [-0.05, 0) is 29.8 Å². The number of benzene rings is 2. The van der Waals surface area contributed by atoms with Crippen LogP contribution in [-0.4, -0.2) is 51.6 Å². The number of nitrogens with zero attached hydrogens (tertiary/aromatic N) is 1. The van der Waals surface area contributed by atoms with Gasteiger partial charge >= 0.3 is 0 Å². The topological polar surface area (TPSA) is 73.2 Å². The van der Waals surface area contributed by atoms with E-state index in [1.165, 1.54) is 0 Å². The Morgan fingerprint density at radius 3 is 2.00 bits per heavy atom. The minimum atomic E-state index is -1.06.